The molecule has 0 saturated carbocycles. The van der Waals surface area contributed by atoms with Gasteiger partial charge < -0.3 is 20.9 Å². The summed E-state index contributed by atoms with van der Waals surface area (Å²) in [5, 5.41) is 15.2. The molecule has 1 aromatic heterocycles. The SMILES string of the molecule is CC(C)(C)OC(=O)NC(Cc1ccccc1)C(O)c1sccc1C(N)=O. The zero-order valence-electron chi connectivity index (χ0n) is 15.1. The fourth-order valence-electron chi connectivity index (χ4n) is 2.50. The van der Waals surface area contributed by atoms with Crippen molar-refractivity contribution in [3.05, 3.63) is 57.8 Å². The van der Waals surface area contributed by atoms with Crippen LogP contribution < -0.4 is 11.1 Å². The van der Waals surface area contributed by atoms with Crippen LogP contribution in [0.25, 0.3) is 0 Å². The number of hydrogen-bond donors (Lipinski definition) is 3. The number of carbonyl (C=O) groups excluding carboxylic acids is 2. The first-order valence-corrected chi connectivity index (χ1v) is 9.14. The predicted molar refractivity (Wildman–Crippen MR) is 101 cm³/mol. The van der Waals surface area contributed by atoms with Crippen LogP contribution in [0.1, 0.15) is 47.7 Å². The summed E-state index contributed by atoms with van der Waals surface area (Å²) in [6, 6.07) is 10.3. The minimum atomic E-state index is -1.09. The molecular formula is C19H24N2O4S. The van der Waals surface area contributed by atoms with Crippen molar-refractivity contribution in [1.82, 2.24) is 5.32 Å². The number of carbonyl (C=O) groups is 2. The maximum absolute atomic E-state index is 12.2. The highest BCUT2D eigenvalue weighted by molar-refractivity contribution is 7.10. The molecule has 2 aromatic rings. The number of nitrogens with two attached hydrogens (primary N) is 1. The second-order valence-electron chi connectivity index (χ2n) is 6.95. The van der Waals surface area contributed by atoms with Crippen molar-refractivity contribution in [3.63, 3.8) is 0 Å². The third-order valence-corrected chi connectivity index (χ3v) is 4.60. The minimum absolute atomic E-state index is 0.256. The molecule has 0 aliphatic carbocycles. The summed E-state index contributed by atoms with van der Waals surface area (Å²) in [6.07, 6.45) is -1.35. The average Bonchev–Trinajstić information content (AvgIpc) is 3.02. The Labute approximate surface area is 157 Å². The van der Waals surface area contributed by atoms with Crippen LogP contribution in [0.15, 0.2) is 41.8 Å². The van der Waals surface area contributed by atoms with Gasteiger partial charge in [-0.15, -0.1) is 11.3 Å². The molecular weight excluding hydrogens is 352 g/mol. The third kappa shape index (κ3) is 5.57. The van der Waals surface area contributed by atoms with Crippen molar-refractivity contribution in [1.29, 1.82) is 0 Å². The Kier molecular flexibility index (Phi) is 6.39. The average molecular weight is 376 g/mol. The summed E-state index contributed by atoms with van der Waals surface area (Å²) in [5.41, 5.74) is 5.91. The number of alkyl carbamates (subject to hydrolysis) is 1. The predicted octanol–water partition coefficient (Wildman–Crippen LogP) is 3.02. The van der Waals surface area contributed by atoms with Gasteiger partial charge in [0.15, 0.2) is 0 Å². The van der Waals surface area contributed by atoms with Crippen molar-refractivity contribution in [3.8, 4) is 0 Å². The van der Waals surface area contributed by atoms with Crippen LogP contribution in [0, 0.1) is 0 Å². The molecule has 0 spiro atoms. The molecule has 2 unspecified atom stereocenters. The van der Waals surface area contributed by atoms with Crippen LogP contribution in [-0.4, -0.2) is 28.7 Å². The summed E-state index contributed by atoms with van der Waals surface area (Å²) in [4.78, 5) is 24.2. The number of hydrogen-bond acceptors (Lipinski definition) is 5. The molecule has 2 rings (SSSR count). The van der Waals surface area contributed by atoms with Crippen LogP contribution >= 0.6 is 11.3 Å². The number of primary amides is 1. The van der Waals surface area contributed by atoms with E-state index in [0.717, 1.165) is 5.56 Å². The normalized spacial score (nSPS) is 13.7. The summed E-state index contributed by atoms with van der Waals surface area (Å²) < 4.78 is 5.30. The lowest BCUT2D eigenvalue weighted by atomic mass is 9.98. The molecule has 0 fully saturated rings. The Morgan fingerprint density at radius 1 is 1.23 bits per heavy atom. The van der Waals surface area contributed by atoms with Gasteiger partial charge in [-0.25, -0.2) is 4.79 Å². The van der Waals surface area contributed by atoms with Crippen molar-refractivity contribution in [2.45, 2.75) is 44.9 Å². The molecule has 26 heavy (non-hydrogen) atoms. The second kappa shape index (κ2) is 8.33. The van der Waals surface area contributed by atoms with Crippen LogP contribution in [0.3, 0.4) is 0 Å². The Morgan fingerprint density at radius 3 is 2.46 bits per heavy atom. The zero-order valence-corrected chi connectivity index (χ0v) is 15.9. The number of nitrogens with one attached hydrogen (secondary N) is 1. The van der Waals surface area contributed by atoms with E-state index in [1.54, 1.807) is 32.2 Å². The van der Waals surface area contributed by atoms with E-state index in [-0.39, 0.29) is 5.56 Å². The zero-order chi connectivity index (χ0) is 19.3. The highest BCUT2D eigenvalue weighted by Crippen LogP contribution is 2.28. The molecule has 2 atom stereocenters. The molecule has 0 aliphatic rings. The standard InChI is InChI=1S/C19H24N2O4S/c1-19(2,3)25-18(24)21-14(11-12-7-5-4-6-8-12)15(22)16-13(17(20)23)9-10-26-16/h4-10,14-15,22H,11H2,1-3H3,(H2,20,23)(H,21,24). The molecule has 1 heterocycles. The topological polar surface area (TPSA) is 102 Å². The number of thiophene rings is 1. The Morgan fingerprint density at radius 2 is 1.88 bits per heavy atom. The van der Waals surface area contributed by atoms with Gasteiger partial charge in [-0.1, -0.05) is 30.3 Å². The molecule has 7 heteroatoms. The number of ether oxygens (including phenoxy) is 1. The van der Waals surface area contributed by atoms with Crippen molar-refractivity contribution >= 4 is 23.3 Å². The van der Waals surface area contributed by atoms with E-state index in [4.69, 9.17) is 10.5 Å². The Balaban J connectivity index is 2.25. The molecule has 6 nitrogen and oxygen atoms in total. The molecule has 0 radical (unpaired) electrons. The van der Waals surface area contributed by atoms with Gasteiger partial charge in [0.1, 0.15) is 11.7 Å². The van der Waals surface area contributed by atoms with E-state index in [9.17, 15) is 14.7 Å². The molecule has 140 valence electrons. The first kappa shape index (κ1) is 19.9. The molecule has 1 aromatic carbocycles. The van der Waals surface area contributed by atoms with Crippen molar-refractivity contribution in [2.24, 2.45) is 5.73 Å². The summed E-state index contributed by atoms with van der Waals surface area (Å²) in [6.45, 7) is 5.29. The number of aliphatic hydroxyl groups excluding tert-OH is 1. The summed E-state index contributed by atoms with van der Waals surface area (Å²) in [5.74, 6) is -0.615. The molecule has 2 amide bonds. The van der Waals surface area contributed by atoms with E-state index in [0.29, 0.717) is 11.3 Å². The molecule has 0 bridgehead atoms. The van der Waals surface area contributed by atoms with Gasteiger partial charge in [0.05, 0.1) is 11.6 Å². The van der Waals surface area contributed by atoms with Crippen molar-refractivity contribution < 1.29 is 19.4 Å². The van der Waals surface area contributed by atoms with E-state index in [1.165, 1.54) is 11.3 Å². The molecule has 0 aliphatic heterocycles. The number of rotatable bonds is 6. The fourth-order valence-corrected chi connectivity index (χ4v) is 3.45. The summed E-state index contributed by atoms with van der Waals surface area (Å²) in [7, 11) is 0. The number of benzene rings is 1. The minimum Gasteiger partial charge on any atom is -0.444 e. The number of aliphatic hydroxyl groups is 1. The van der Waals surface area contributed by atoms with Gasteiger partial charge in [-0.05, 0) is 44.2 Å². The van der Waals surface area contributed by atoms with Crippen LogP contribution in [0.4, 0.5) is 4.79 Å². The van der Waals surface area contributed by atoms with Gasteiger partial charge in [0.25, 0.3) is 0 Å². The van der Waals surface area contributed by atoms with Gasteiger partial charge >= 0.3 is 6.09 Å². The number of amides is 2. The van der Waals surface area contributed by atoms with Gasteiger partial charge in [-0.3, -0.25) is 4.79 Å². The molecule has 0 saturated heterocycles. The quantitative estimate of drug-likeness (QED) is 0.721. The van der Waals surface area contributed by atoms with Crippen LogP contribution in [0.2, 0.25) is 0 Å². The van der Waals surface area contributed by atoms with Crippen molar-refractivity contribution in [2.75, 3.05) is 0 Å². The first-order chi connectivity index (χ1) is 12.2. The van der Waals surface area contributed by atoms with E-state index >= 15 is 0 Å². The Bertz CT molecular complexity index is 752. The third-order valence-electron chi connectivity index (χ3n) is 3.61. The fraction of sp³-hybridized carbons (Fsp3) is 0.368. The van der Waals surface area contributed by atoms with E-state index < -0.39 is 29.7 Å². The lowest BCUT2D eigenvalue weighted by Gasteiger charge is -2.27. The lowest BCUT2D eigenvalue weighted by molar-refractivity contribution is 0.0424. The lowest BCUT2D eigenvalue weighted by Crippen LogP contribution is -2.43. The second-order valence-corrected chi connectivity index (χ2v) is 7.90. The maximum atomic E-state index is 12.2. The summed E-state index contributed by atoms with van der Waals surface area (Å²) >= 11 is 1.22. The smallest absolute Gasteiger partial charge is 0.407 e. The van der Waals surface area contributed by atoms with E-state index in [2.05, 4.69) is 5.32 Å². The maximum Gasteiger partial charge on any atom is 0.407 e. The van der Waals surface area contributed by atoms with Gasteiger partial charge in [0, 0.05) is 4.88 Å². The van der Waals surface area contributed by atoms with Crippen LogP contribution in [0.5, 0.6) is 0 Å². The Hall–Kier alpha value is -2.38. The van der Waals surface area contributed by atoms with Gasteiger partial charge in [0.2, 0.25) is 5.91 Å². The van der Waals surface area contributed by atoms with E-state index in [1.807, 2.05) is 30.3 Å². The monoisotopic (exact) mass is 376 g/mol. The first-order valence-electron chi connectivity index (χ1n) is 8.26. The highest BCUT2D eigenvalue weighted by Gasteiger charge is 2.29. The molecule has 4 N–H and O–H groups in total. The van der Waals surface area contributed by atoms with Gasteiger partial charge in [-0.2, -0.15) is 0 Å². The largest absolute Gasteiger partial charge is 0.444 e. The van der Waals surface area contributed by atoms with Crippen LogP contribution in [-0.2, 0) is 11.2 Å². The highest BCUT2D eigenvalue weighted by atomic mass is 32.1.